The molecule has 4 rings (SSSR count). The van der Waals surface area contributed by atoms with Crippen LogP contribution in [0.5, 0.6) is 0 Å². The molecule has 2 heterocycles. The van der Waals surface area contributed by atoms with Crippen molar-refractivity contribution in [3.05, 3.63) is 47.4 Å². The van der Waals surface area contributed by atoms with Gasteiger partial charge in [0.1, 0.15) is 11.9 Å². The van der Waals surface area contributed by atoms with E-state index in [9.17, 15) is 4.39 Å². The number of aryl methyl sites for hydroxylation is 1. The number of nitrogens with zero attached hydrogens (tertiary/aromatic N) is 2. The number of rotatable bonds is 5. The highest BCUT2D eigenvalue weighted by Gasteiger charge is 2.33. The number of ether oxygens (including phenoxy) is 1. The molecule has 2 aromatic rings. The lowest BCUT2D eigenvalue weighted by atomic mass is 9.94. The number of hydrogen-bond donors (Lipinski definition) is 1. The minimum absolute atomic E-state index is 0.0792. The van der Waals surface area contributed by atoms with Gasteiger partial charge in [-0.3, -0.25) is 0 Å². The Morgan fingerprint density at radius 3 is 2.76 bits per heavy atom. The molecule has 2 unspecified atom stereocenters. The van der Waals surface area contributed by atoms with Gasteiger partial charge in [0.15, 0.2) is 5.82 Å². The van der Waals surface area contributed by atoms with E-state index in [0.717, 1.165) is 32.2 Å². The van der Waals surface area contributed by atoms with Crippen molar-refractivity contribution < 1.29 is 13.7 Å². The van der Waals surface area contributed by atoms with Crippen molar-refractivity contribution in [3.63, 3.8) is 0 Å². The first-order chi connectivity index (χ1) is 12.2. The summed E-state index contributed by atoms with van der Waals surface area (Å²) in [6.45, 7) is 2.64. The molecule has 1 aromatic heterocycles. The molecule has 0 radical (unpaired) electrons. The van der Waals surface area contributed by atoms with Crippen LogP contribution in [0.1, 0.15) is 61.4 Å². The lowest BCUT2D eigenvalue weighted by molar-refractivity contribution is 0.0251. The molecule has 4 atom stereocenters. The second-order valence-electron chi connectivity index (χ2n) is 7.11. The highest BCUT2D eigenvalue weighted by Crippen LogP contribution is 2.36. The quantitative estimate of drug-likeness (QED) is 0.896. The van der Waals surface area contributed by atoms with Crippen LogP contribution in [-0.2, 0) is 4.74 Å². The molecule has 2 fully saturated rings. The highest BCUT2D eigenvalue weighted by atomic mass is 19.1. The van der Waals surface area contributed by atoms with Crippen molar-refractivity contribution in [1.82, 2.24) is 15.5 Å². The largest absolute Gasteiger partial charge is 0.364 e. The molecule has 1 saturated carbocycles. The maximum atomic E-state index is 13.2. The summed E-state index contributed by atoms with van der Waals surface area (Å²) in [4.78, 5) is 4.27. The SMILES string of the molecule is Cc1noc([C@@H]2CC[C@H](CNC3CCCC3c3ccc(F)cc3)O2)n1. The minimum Gasteiger partial charge on any atom is -0.364 e. The summed E-state index contributed by atoms with van der Waals surface area (Å²) in [5.74, 6) is 1.52. The van der Waals surface area contributed by atoms with Gasteiger partial charge in [-0.25, -0.2) is 4.39 Å². The molecule has 134 valence electrons. The van der Waals surface area contributed by atoms with E-state index in [2.05, 4.69) is 15.5 Å². The van der Waals surface area contributed by atoms with Crippen molar-refractivity contribution in [2.24, 2.45) is 0 Å². The van der Waals surface area contributed by atoms with E-state index >= 15 is 0 Å². The third-order valence-corrected chi connectivity index (χ3v) is 5.35. The van der Waals surface area contributed by atoms with E-state index in [0.29, 0.717) is 23.7 Å². The van der Waals surface area contributed by atoms with Gasteiger partial charge in [0.2, 0.25) is 0 Å². The van der Waals surface area contributed by atoms with Gasteiger partial charge in [-0.2, -0.15) is 4.98 Å². The lowest BCUT2D eigenvalue weighted by Crippen LogP contribution is -2.37. The average Bonchev–Trinajstić information content (AvgIpc) is 3.33. The molecule has 2 aliphatic rings. The van der Waals surface area contributed by atoms with Crippen LogP contribution in [-0.4, -0.2) is 28.8 Å². The van der Waals surface area contributed by atoms with Crippen LogP contribution < -0.4 is 5.32 Å². The van der Waals surface area contributed by atoms with Crippen LogP contribution in [0.3, 0.4) is 0 Å². The highest BCUT2D eigenvalue weighted by molar-refractivity contribution is 5.23. The van der Waals surface area contributed by atoms with E-state index < -0.39 is 0 Å². The summed E-state index contributed by atoms with van der Waals surface area (Å²) in [6, 6.07) is 7.38. The van der Waals surface area contributed by atoms with Crippen molar-refractivity contribution in [2.75, 3.05) is 6.54 Å². The first-order valence-corrected chi connectivity index (χ1v) is 9.13. The summed E-state index contributed by atoms with van der Waals surface area (Å²) in [5, 5.41) is 7.52. The van der Waals surface area contributed by atoms with Crippen LogP contribution in [0.15, 0.2) is 28.8 Å². The number of aromatic nitrogens is 2. The Balaban J connectivity index is 1.31. The van der Waals surface area contributed by atoms with Crippen molar-refractivity contribution >= 4 is 0 Å². The Labute approximate surface area is 147 Å². The molecule has 1 aliphatic heterocycles. The molecule has 0 amide bonds. The van der Waals surface area contributed by atoms with E-state index in [1.807, 2.05) is 19.1 Å². The zero-order valence-corrected chi connectivity index (χ0v) is 14.5. The van der Waals surface area contributed by atoms with E-state index in [-0.39, 0.29) is 18.0 Å². The van der Waals surface area contributed by atoms with Crippen molar-refractivity contribution in [2.45, 2.75) is 63.2 Å². The van der Waals surface area contributed by atoms with Crippen LogP contribution in [0, 0.1) is 12.7 Å². The molecule has 1 saturated heterocycles. The van der Waals surface area contributed by atoms with Crippen molar-refractivity contribution in [3.8, 4) is 0 Å². The number of nitrogens with one attached hydrogen (secondary N) is 1. The zero-order chi connectivity index (χ0) is 17.2. The van der Waals surface area contributed by atoms with Gasteiger partial charge in [-0.15, -0.1) is 0 Å². The lowest BCUT2D eigenvalue weighted by Gasteiger charge is -2.23. The van der Waals surface area contributed by atoms with Crippen LogP contribution in [0.4, 0.5) is 4.39 Å². The second-order valence-corrected chi connectivity index (χ2v) is 7.11. The van der Waals surface area contributed by atoms with Crippen LogP contribution >= 0.6 is 0 Å². The van der Waals surface area contributed by atoms with Gasteiger partial charge < -0.3 is 14.6 Å². The minimum atomic E-state index is -0.173. The van der Waals surface area contributed by atoms with Crippen LogP contribution in [0.25, 0.3) is 0 Å². The maximum absolute atomic E-state index is 13.2. The number of hydrogen-bond acceptors (Lipinski definition) is 5. The summed E-state index contributed by atoms with van der Waals surface area (Å²) in [6.07, 6.45) is 5.51. The van der Waals surface area contributed by atoms with Crippen molar-refractivity contribution in [1.29, 1.82) is 0 Å². The van der Waals surface area contributed by atoms with Crippen LogP contribution in [0.2, 0.25) is 0 Å². The summed E-state index contributed by atoms with van der Waals surface area (Å²) < 4.78 is 24.4. The maximum Gasteiger partial charge on any atom is 0.255 e. The Hall–Kier alpha value is -1.79. The van der Waals surface area contributed by atoms with Gasteiger partial charge in [0.25, 0.3) is 5.89 Å². The molecule has 25 heavy (non-hydrogen) atoms. The monoisotopic (exact) mass is 345 g/mol. The van der Waals surface area contributed by atoms with Gasteiger partial charge in [0.05, 0.1) is 6.10 Å². The molecule has 0 bridgehead atoms. The predicted molar refractivity (Wildman–Crippen MR) is 90.7 cm³/mol. The topological polar surface area (TPSA) is 60.2 Å². The molecule has 6 heteroatoms. The van der Waals surface area contributed by atoms with Gasteiger partial charge in [-0.05, 0) is 56.2 Å². The zero-order valence-electron chi connectivity index (χ0n) is 14.5. The number of benzene rings is 1. The Kier molecular flexibility index (Phi) is 4.81. The molecule has 5 nitrogen and oxygen atoms in total. The average molecular weight is 345 g/mol. The predicted octanol–water partition coefficient (Wildman–Crippen LogP) is 3.66. The first kappa shape index (κ1) is 16.7. The molecule has 1 N–H and O–H groups in total. The fraction of sp³-hybridized carbons (Fsp3) is 0.579. The summed E-state index contributed by atoms with van der Waals surface area (Å²) >= 11 is 0. The smallest absolute Gasteiger partial charge is 0.255 e. The van der Waals surface area contributed by atoms with Gasteiger partial charge >= 0.3 is 0 Å². The molecule has 0 spiro atoms. The molecule has 1 aliphatic carbocycles. The number of halogens is 1. The molecular formula is C19H24FN3O2. The van der Waals surface area contributed by atoms with Gasteiger partial charge in [0, 0.05) is 12.6 Å². The Morgan fingerprint density at radius 2 is 2.00 bits per heavy atom. The van der Waals surface area contributed by atoms with E-state index in [1.165, 1.54) is 12.0 Å². The third kappa shape index (κ3) is 3.75. The second kappa shape index (κ2) is 7.22. The van der Waals surface area contributed by atoms with E-state index in [4.69, 9.17) is 9.26 Å². The summed E-state index contributed by atoms with van der Waals surface area (Å²) in [5.41, 5.74) is 1.22. The first-order valence-electron chi connectivity index (χ1n) is 9.13. The molecular weight excluding hydrogens is 321 g/mol. The Bertz CT molecular complexity index is 703. The third-order valence-electron chi connectivity index (χ3n) is 5.35. The van der Waals surface area contributed by atoms with Gasteiger partial charge in [-0.1, -0.05) is 23.7 Å². The Morgan fingerprint density at radius 1 is 1.16 bits per heavy atom. The molecule has 1 aromatic carbocycles. The summed E-state index contributed by atoms with van der Waals surface area (Å²) in [7, 11) is 0. The normalized spacial score (nSPS) is 29.4. The fourth-order valence-corrected chi connectivity index (χ4v) is 4.08. The van der Waals surface area contributed by atoms with E-state index in [1.54, 1.807) is 12.1 Å². The standard InChI is InChI=1S/C19H24FN3O2/c1-12-22-19(25-23-12)18-10-9-15(24-18)11-21-17-4-2-3-16(17)13-5-7-14(20)8-6-13/h5-8,15-18,21H,2-4,9-11H2,1H3/t15-,16?,17?,18+/m1/s1. The fourth-order valence-electron chi connectivity index (χ4n) is 4.08.